The van der Waals surface area contributed by atoms with E-state index in [1.807, 2.05) is 20.0 Å². The maximum atomic E-state index is 13.2. The number of hydrogen-bond acceptors (Lipinski definition) is 3. The summed E-state index contributed by atoms with van der Waals surface area (Å²) in [6, 6.07) is 7.77. The number of nitrogens with one attached hydrogen (secondary N) is 1. The van der Waals surface area contributed by atoms with Crippen LogP contribution >= 0.6 is 0 Å². The molecule has 1 fully saturated rings. The van der Waals surface area contributed by atoms with Gasteiger partial charge in [-0.15, -0.1) is 0 Å². The summed E-state index contributed by atoms with van der Waals surface area (Å²) in [6.07, 6.45) is -0.426. The first kappa shape index (κ1) is 19.4. The molecule has 0 saturated heterocycles. The van der Waals surface area contributed by atoms with E-state index in [9.17, 15) is 18.0 Å². The summed E-state index contributed by atoms with van der Waals surface area (Å²) in [5, 5.41) is 8.00. The van der Waals surface area contributed by atoms with Gasteiger partial charge in [-0.3, -0.25) is 14.5 Å². The molecule has 0 radical (unpaired) electrons. The molecule has 1 amide bonds. The summed E-state index contributed by atoms with van der Waals surface area (Å²) in [6.45, 7) is 1.84. The number of aromatic nitrogens is 3. The van der Waals surface area contributed by atoms with Crippen molar-refractivity contribution in [1.29, 1.82) is 0 Å². The van der Waals surface area contributed by atoms with Crippen LogP contribution in [-0.2, 0) is 23.7 Å². The van der Waals surface area contributed by atoms with Crippen molar-refractivity contribution in [2.45, 2.75) is 43.8 Å². The Labute approximate surface area is 165 Å². The molecule has 3 aromatic rings. The van der Waals surface area contributed by atoms with Gasteiger partial charge in [0, 0.05) is 12.4 Å². The van der Waals surface area contributed by atoms with Gasteiger partial charge in [0.15, 0.2) is 0 Å². The third-order valence-electron chi connectivity index (χ3n) is 5.64. The fourth-order valence-corrected chi connectivity index (χ4v) is 3.66. The van der Waals surface area contributed by atoms with Gasteiger partial charge in [0.2, 0.25) is 5.91 Å². The zero-order valence-electron chi connectivity index (χ0n) is 16.1. The lowest BCUT2D eigenvalue weighted by Crippen LogP contribution is -2.29. The molecule has 1 saturated carbocycles. The van der Waals surface area contributed by atoms with Gasteiger partial charge in [0.1, 0.15) is 0 Å². The third-order valence-corrected chi connectivity index (χ3v) is 5.64. The Hall–Kier alpha value is -2.90. The Morgan fingerprint density at radius 1 is 1.24 bits per heavy atom. The highest BCUT2D eigenvalue weighted by Crippen LogP contribution is 2.58. The van der Waals surface area contributed by atoms with Gasteiger partial charge in [-0.1, -0.05) is 24.3 Å². The van der Waals surface area contributed by atoms with Crippen LogP contribution in [0.3, 0.4) is 0 Å². The number of fused-ring (bicyclic) bond motifs is 1. The minimum atomic E-state index is -4.23. The van der Waals surface area contributed by atoms with Gasteiger partial charge in [-0.2, -0.15) is 18.3 Å². The van der Waals surface area contributed by atoms with Gasteiger partial charge in [-0.25, -0.2) is 0 Å². The molecule has 1 atom stereocenters. The van der Waals surface area contributed by atoms with Crippen molar-refractivity contribution in [2.24, 2.45) is 7.05 Å². The molecule has 1 aliphatic carbocycles. The van der Waals surface area contributed by atoms with Crippen molar-refractivity contribution in [3.8, 4) is 0 Å². The smallest absolute Gasteiger partial charge is 0.348 e. The number of aryl methyl sites for hydroxylation is 1. The first-order valence-corrected chi connectivity index (χ1v) is 9.43. The zero-order valence-corrected chi connectivity index (χ0v) is 16.1. The fourth-order valence-electron chi connectivity index (χ4n) is 3.66. The number of benzene rings is 1. The van der Waals surface area contributed by atoms with Crippen molar-refractivity contribution in [2.75, 3.05) is 0 Å². The Balaban J connectivity index is 1.40. The second-order valence-corrected chi connectivity index (χ2v) is 7.68. The Kier molecular flexibility index (Phi) is 4.59. The highest BCUT2D eigenvalue weighted by Gasteiger charge is 2.64. The lowest BCUT2D eigenvalue weighted by atomic mass is 9.94. The molecule has 1 N–H and O–H groups in total. The van der Waals surface area contributed by atoms with Crippen LogP contribution in [0.5, 0.6) is 0 Å². The van der Waals surface area contributed by atoms with E-state index in [-0.39, 0.29) is 36.8 Å². The van der Waals surface area contributed by atoms with Crippen LogP contribution in [0.25, 0.3) is 10.9 Å². The lowest BCUT2D eigenvalue weighted by molar-refractivity contribution is -0.160. The van der Waals surface area contributed by atoms with Crippen LogP contribution in [0.1, 0.15) is 42.6 Å². The number of alkyl halides is 3. The molecule has 8 heteroatoms. The fraction of sp³-hybridized carbons (Fsp3) is 0.381. The van der Waals surface area contributed by atoms with E-state index in [1.165, 1.54) is 12.1 Å². The Bertz CT molecular complexity index is 1050. The molecule has 1 unspecified atom stereocenters. The number of halogens is 3. The normalized spacial score (nSPS) is 16.6. The average Bonchev–Trinajstić information content (AvgIpc) is 3.41. The second-order valence-electron chi connectivity index (χ2n) is 7.68. The van der Waals surface area contributed by atoms with Crippen LogP contribution in [0, 0.1) is 0 Å². The minimum absolute atomic E-state index is 0.0960. The molecule has 0 spiro atoms. The molecule has 2 heterocycles. The largest absolute Gasteiger partial charge is 0.398 e. The van der Waals surface area contributed by atoms with Gasteiger partial charge in [0.05, 0.1) is 41.5 Å². The molecule has 1 aromatic carbocycles. The molecule has 4 rings (SSSR count). The van der Waals surface area contributed by atoms with E-state index < -0.39 is 11.6 Å². The quantitative estimate of drug-likeness (QED) is 0.702. The highest BCUT2D eigenvalue weighted by molar-refractivity contribution is 5.80. The topological polar surface area (TPSA) is 59.8 Å². The first-order chi connectivity index (χ1) is 13.7. The van der Waals surface area contributed by atoms with E-state index in [4.69, 9.17) is 0 Å². The van der Waals surface area contributed by atoms with Crippen molar-refractivity contribution in [1.82, 2.24) is 20.1 Å². The van der Waals surface area contributed by atoms with E-state index in [0.717, 1.165) is 16.6 Å². The standard InChI is InChI=1S/C21H21F3N4O/c1-13(17-10-15-11-26-28(2)18(15)12-25-17)27-19(29)9-14-3-5-16(6-4-14)20(7-8-20)21(22,23)24/h3-6,10-13H,7-9H2,1-2H3,(H,27,29). The molecular formula is C21H21F3N4O. The summed E-state index contributed by atoms with van der Waals surface area (Å²) < 4.78 is 41.4. The van der Waals surface area contributed by atoms with Crippen molar-refractivity contribution in [3.63, 3.8) is 0 Å². The maximum absolute atomic E-state index is 13.2. The number of rotatable bonds is 5. The predicted octanol–water partition coefficient (Wildman–Crippen LogP) is 3.98. The van der Waals surface area contributed by atoms with E-state index in [0.29, 0.717) is 5.56 Å². The SMILES string of the molecule is CC(NC(=O)Cc1ccc(C2(C(F)(F)F)CC2)cc1)c1cc2cnn(C)c2cn1. The molecule has 2 aromatic heterocycles. The molecule has 0 aliphatic heterocycles. The summed E-state index contributed by atoms with van der Waals surface area (Å²) in [5.74, 6) is -0.213. The monoisotopic (exact) mass is 402 g/mol. The first-order valence-electron chi connectivity index (χ1n) is 9.43. The van der Waals surface area contributed by atoms with Crippen LogP contribution in [0.2, 0.25) is 0 Å². The van der Waals surface area contributed by atoms with Crippen LogP contribution in [0.4, 0.5) is 13.2 Å². The number of carbonyl (C=O) groups excluding carboxylic acids is 1. The van der Waals surface area contributed by atoms with E-state index >= 15 is 0 Å². The molecular weight excluding hydrogens is 381 g/mol. The average molecular weight is 402 g/mol. The van der Waals surface area contributed by atoms with Crippen LogP contribution < -0.4 is 5.32 Å². The summed E-state index contributed by atoms with van der Waals surface area (Å²) >= 11 is 0. The summed E-state index contributed by atoms with van der Waals surface area (Å²) in [7, 11) is 1.83. The molecule has 29 heavy (non-hydrogen) atoms. The predicted molar refractivity (Wildman–Crippen MR) is 102 cm³/mol. The second kappa shape index (κ2) is 6.86. The number of nitrogens with zero attached hydrogens (tertiary/aromatic N) is 3. The highest BCUT2D eigenvalue weighted by atomic mass is 19.4. The third kappa shape index (κ3) is 3.59. The lowest BCUT2D eigenvalue weighted by Gasteiger charge is -2.20. The van der Waals surface area contributed by atoms with Crippen LogP contribution in [0.15, 0.2) is 42.7 Å². The van der Waals surface area contributed by atoms with Crippen molar-refractivity contribution < 1.29 is 18.0 Å². The van der Waals surface area contributed by atoms with Crippen LogP contribution in [-0.4, -0.2) is 26.8 Å². The number of hydrogen-bond donors (Lipinski definition) is 1. The van der Waals surface area contributed by atoms with Crippen molar-refractivity contribution in [3.05, 3.63) is 59.5 Å². The molecule has 152 valence electrons. The van der Waals surface area contributed by atoms with E-state index in [2.05, 4.69) is 15.4 Å². The summed E-state index contributed by atoms with van der Waals surface area (Å²) in [5.41, 5.74) is 0.872. The number of amides is 1. The molecule has 5 nitrogen and oxygen atoms in total. The van der Waals surface area contributed by atoms with Crippen molar-refractivity contribution >= 4 is 16.8 Å². The maximum Gasteiger partial charge on any atom is 0.398 e. The summed E-state index contributed by atoms with van der Waals surface area (Å²) in [4.78, 5) is 16.8. The number of pyridine rings is 1. The Morgan fingerprint density at radius 2 is 1.93 bits per heavy atom. The van der Waals surface area contributed by atoms with Gasteiger partial charge < -0.3 is 5.32 Å². The van der Waals surface area contributed by atoms with Gasteiger partial charge >= 0.3 is 6.18 Å². The zero-order chi connectivity index (χ0) is 20.8. The molecule has 0 bridgehead atoms. The van der Waals surface area contributed by atoms with Gasteiger partial charge in [0.25, 0.3) is 0 Å². The minimum Gasteiger partial charge on any atom is -0.348 e. The number of carbonyl (C=O) groups is 1. The van der Waals surface area contributed by atoms with Gasteiger partial charge in [-0.05, 0) is 37.0 Å². The Morgan fingerprint density at radius 3 is 2.55 bits per heavy atom. The van der Waals surface area contributed by atoms with E-state index in [1.54, 1.807) is 29.2 Å². The molecule has 1 aliphatic rings.